The molecule has 1 heterocycles. The first-order valence-electron chi connectivity index (χ1n) is 3.95. The Morgan fingerprint density at radius 1 is 1.38 bits per heavy atom. The van der Waals surface area contributed by atoms with Crippen LogP contribution in [0.5, 0.6) is 0 Å². The minimum absolute atomic E-state index is 0.537. The Balaban J connectivity index is 2.60. The van der Waals surface area contributed by atoms with E-state index in [0.29, 0.717) is 0 Å². The number of hydrogen-bond acceptors (Lipinski definition) is 6. The molecule has 6 heteroatoms. The lowest BCUT2D eigenvalue weighted by atomic mass is 10.1. The Morgan fingerprint density at radius 2 is 2.00 bits per heavy atom. The first-order valence-corrected chi connectivity index (χ1v) is 3.95. The monoisotopic (exact) mass is 194 g/mol. The van der Waals surface area contributed by atoms with E-state index < -0.39 is 37.3 Å². The highest BCUT2D eigenvalue weighted by molar-refractivity contribution is 4.90. The summed E-state index contributed by atoms with van der Waals surface area (Å²) in [6.45, 7) is -0.537. The summed E-state index contributed by atoms with van der Waals surface area (Å²) >= 11 is 0. The van der Waals surface area contributed by atoms with Gasteiger partial charge in [-0.1, -0.05) is 0 Å². The molecule has 0 saturated carbocycles. The zero-order valence-electron chi connectivity index (χ0n) is 7.20. The second-order valence-corrected chi connectivity index (χ2v) is 2.94. The molecule has 0 unspecified atom stereocenters. The number of aliphatic hydroxyl groups excluding tert-OH is 4. The third-order valence-corrected chi connectivity index (χ3v) is 2.06. The molecule has 1 rings (SSSR count). The minimum Gasteiger partial charge on any atom is -0.394 e. The van der Waals surface area contributed by atoms with E-state index in [9.17, 15) is 10.2 Å². The zero-order valence-corrected chi connectivity index (χ0v) is 7.20. The Hall–Kier alpha value is -0.240. The Kier molecular flexibility index (Phi) is 3.60. The summed E-state index contributed by atoms with van der Waals surface area (Å²) in [5.74, 6) is 0. The molecule has 1 fully saturated rings. The lowest BCUT2D eigenvalue weighted by Gasteiger charge is -2.18. The Morgan fingerprint density at radius 3 is 2.38 bits per heavy atom. The molecule has 0 bridgehead atoms. The lowest BCUT2D eigenvalue weighted by molar-refractivity contribution is -0.166. The van der Waals surface area contributed by atoms with Crippen molar-refractivity contribution in [3.05, 3.63) is 0 Å². The molecular formula is C7H14O6. The molecule has 0 spiro atoms. The summed E-state index contributed by atoms with van der Waals surface area (Å²) in [4.78, 5) is 0. The summed E-state index contributed by atoms with van der Waals surface area (Å²) in [6, 6.07) is 0. The lowest BCUT2D eigenvalue weighted by Crippen LogP contribution is -2.40. The van der Waals surface area contributed by atoms with Crippen molar-refractivity contribution < 1.29 is 29.9 Å². The van der Waals surface area contributed by atoms with Crippen molar-refractivity contribution in [1.82, 2.24) is 0 Å². The molecule has 1 aliphatic heterocycles. The maximum absolute atomic E-state index is 9.33. The second kappa shape index (κ2) is 4.32. The van der Waals surface area contributed by atoms with E-state index >= 15 is 0 Å². The van der Waals surface area contributed by atoms with Gasteiger partial charge in [0.05, 0.1) is 6.61 Å². The van der Waals surface area contributed by atoms with E-state index in [0.717, 1.165) is 0 Å². The maximum atomic E-state index is 9.33. The van der Waals surface area contributed by atoms with Crippen LogP contribution in [0.1, 0.15) is 0 Å². The highest BCUT2D eigenvalue weighted by atomic mass is 16.7. The molecule has 0 radical (unpaired) electrons. The van der Waals surface area contributed by atoms with Crippen molar-refractivity contribution in [2.75, 3.05) is 13.7 Å². The zero-order chi connectivity index (χ0) is 10.0. The quantitative estimate of drug-likeness (QED) is 0.394. The SMILES string of the molecule is CO[C@@H]1O[C@@H]([C@@H](O)CO)[C@H](O)[C@H]1O. The van der Waals surface area contributed by atoms with Crippen LogP contribution in [0.4, 0.5) is 0 Å². The number of rotatable bonds is 3. The number of ether oxygens (including phenoxy) is 2. The van der Waals surface area contributed by atoms with Crippen LogP contribution in [0.2, 0.25) is 0 Å². The second-order valence-electron chi connectivity index (χ2n) is 2.94. The average Bonchev–Trinajstić information content (AvgIpc) is 2.43. The van der Waals surface area contributed by atoms with Crippen molar-refractivity contribution >= 4 is 0 Å². The van der Waals surface area contributed by atoms with Crippen LogP contribution in [0.3, 0.4) is 0 Å². The van der Waals surface area contributed by atoms with E-state index in [1.54, 1.807) is 0 Å². The Bertz CT molecular complexity index is 163. The van der Waals surface area contributed by atoms with Gasteiger partial charge < -0.3 is 29.9 Å². The van der Waals surface area contributed by atoms with E-state index in [4.69, 9.17) is 19.7 Å². The first-order chi connectivity index (χ1) is 6.11. The third-order valence-electron chi connectivity index (χ3n) is 2.06. The maximum Gasteiger partial charge on any atom is 0.186 e. The molecule has 0 amide bonds. The molecule has 6 nitrogen and oxygen atoms in total. The topological polar surface area (TPSA) is 99.4 Å². The summed E-state index contributed by atoms with van der Waals surface area (Å²) < 4.78 is 9.65. The molecular weight excluding hydrogens is 180 g/mol. The smallest absolute Gasteiger partial charge is 0.186 e. The van der Waals surface area contributed by atoms with Gasteiger partial charge in [0.15, 0.2) is 6.29 Å². The molecule has 4 N–H and O–H groups in total. The van der Waals surface area contributed by atoms with Gasteiger partial charge >= 0.3 is 0 Å². The van der Waals surface area contributed by atoms with Gasteiger partial charge in [0.25, 0.3) is 0 Å². The highest BCUT2D eigenvalue weighted by Crippen LogP contribution is 2.23. The number of methoxy groups -OCH3 is 1. The van der Waals surface area contributed by atoms with Crippen molar-refractivity contribution in [3.8, 4) is 0 Å². The minimum atomic E-state index is -1.24. The largest absolute Gasteiger partial charge is 0.394 e. The molecule has 0 aromatic heterocycles. The third kappa shape index (κ3) is 1.98. The van der Waals surface area contributed by atoms with Gasteiger partial charge in [0, 0.05) is 7.11 Å². The highest BCUT2D eigenvalue weighted by Gasteiger charge is 2.45. The van der Waals surface area contributed by atoms with E-state index in [-0.39, 0.29) is 0 Å². The molecule has 0 aromatic rings. The van der Waals surface area contributed by atoms with Crippen molar-refractivity contribution in [1.29, 1.82) is 0 Å². The first kappa shape index (κ1) is 10.8. The van der Waals surface area contributed by atoms with Crippen LogP contribution in [0.15, 0.2) is 0 Å². The van der Waals surface area contributed by atoms with Gasteiger partial charge in [0.2, 0.25) is 0 Å². The van der Waals surface area contributed by atoms with Crippen LogP contribution < -0.4 is 0 Å². The van der Waals surface area contributed by atoms with Crippen LogP contribution in [-0.4, -0.2) is 64.8 Å². The predicted molar refractivity (Wildman–Crippen MR) is 40.8 cm³/mol. The summed E-state index contributed by atoms with van der Waals surface area (Å²) in [6.07, 6.45) is -5.63. The summed E-state index contributed by atoms with van der Waals surface area (Å²) in [5, 5.41) is 36.4. The van der Waals surface area contributed by atoms with E-state index in [1.165, 1.54) is 7.11 Å². The summed E-state index contributed by atoms with van der Waals surface area (Å²) in [5.41, 5.74) is 0. The molecule has 78 valence electrons. The van der Waals surface area contributed by atoms with Gasteiger partial charge in [-0.25, -0.2) is 0 Å². The van der Waals surface area contributed by atoms with Crippen LogP contribution in [0, 0.1) is 0 Å². The van der Waals surface area contributed by atoms with Gasteiger partial charge in [-0.05, 0) is 0 Å². The number of hydrogen-bond donors (Lipinski definition) is 4. The van der Waals surface area contributed by atoms with Crippen LogP contribution >= 0.6 is 0 Å². The van der Waals surface area contributed by atoms with Crippen molar-refractivity contribution in [3.63, 3.8) is 0 Å². The average molecular weight is 194 g/mol. The fraction of sp³-hybridized carbons (Fsp3) is 1.00. The van der Waals surface area contributed by atoms with Crippen LogP contribution in [0.25, 0.3) is 0 Å². The van der Waals surface area contributed by atoms with Gasteiger partial charge in [-0.2, -0.15) is 0 Å². The van der Waals surface area contributed by atoms with Crippen molar-refractivity contribution in [2.24, 2.45) is 0 Å². The van der Waals surface area contributed by atoms with Crippen LogP contribution in [-0.2, 0) is 9.47 Å². The molecule has 1 aliphatic rings. The van der Waals surface area contributed by atoms with E-state index in [1.807, 2.05) is 0 Å². The standard InChI is InChI=1S/C7H14O6/c1-12-7-5(11)4(10)6(13-7)3(9)2-8/h3-11H,2H2,1H3/t3-,4+,5+,6-,7+/m0/s1. The summed E-state index contributed by atoms with van der Waals surface area (Å²) in [7, 11) is 1.31. The molecule has 0 aromatic carbocycles. The fourth-order valence-electron chi connectivity index (χ4n) is 1.29. The molecule has 5 atom stereocenters. The Labute approximate surface area is 75.3 Å². The fourth-order valence-corrected chi connectivity index (χ4v) is 1.29. The number of aliphatic hydroxyl groups is 4. The normalized spacial score (nSPS) is 42.2. The molecule has 1 saturated heterocycles. The van der Waals surface area contributed by atoms with E-state index in [2.05, 4.69) is 0 Å². The van der Waals surface area contributed by atoms with Crippen molar-refractivity contribution in [2.45, 2.75) is 30.7 Å². The van der Waals surface area contributed by atoms with Gasteiger partial charge in [-0.3, -0.25) is 0 Å². The molecule has 13 heavy (non-hydrogen) atoms. The van der Waals surface area contributed by atoms with Gasteiger partial charge in [0.1, 0.15) is 24.4 Å². The van der Waals surface area contributed by atoms with Gasteiger partial charge in [-0.15, -0.1) is 0 Å². The predicted octanol–water partition coefficient (Wildman–Crippen LogP) is -2.57. The molecule has 0 aliphatic carbocycles.